The fourth-order valence-electron chi connectivity index (χ4n) is 1.85. The molecule has 1 rings (SSSR count). The van der Waals surface area contributed by atoms with Gasteiger partial charge in [-0.3, -0.25) is 0 Å². The Morgan fingerprint density at radius 1 is 1.44 bits per heavy atom. The van der Waals surface area contributed by atoms with Gasteiger partial charge in [0.2, 0.25) is 0 Å². The Kier molecular flexibility index (Phi) is 6.68. The Balaban J connectivity index is 2.78. The van der Waals surface area contributed by atoms with E-state index in [1.54, 1.807) is 0 Å². The van der Waals surface area contributed by atoms with Crippen molar-refractivity contribution >= 4 is 21.6 Å². The molecule has 0 aliphatic heterocycles. The summed E-state index contributed by atoms with van der Waals surface area (Å²) in [6.45, 7) is 6.18. The Bertz CT molecular complexity index is 371. The molecule has 1 atom stereocenters. The Morgan fingerprint density at radius 3 is 2.72 bits per heavy atom. The number of aliphatic hydroxyl groups is 1. The molecule has 0 radical (unpaired) electrons. The first-order chi connectivity index (χ1) is 8.60. The fourth-order valence-corrected chi connectivity index (χ4v) is 2.55. The van der Waals surface area contributed by atoms with Gasteiger partial charge < -0.3 is 15.3 Å². The highest BCUT2D eigenvalue weighted by atomic mass is 79.9. The molecule has 0 spiro atoms. The normalized spacial score (nSPS) is 12.5. The molecule has 0 amide bonds. The van der Waals surface area contributed by atoms with Crippen molar-refractivity contribution in [2.75, 3.05) is 31.6 Å². The first kappa shape index (κ1) is 15.5. The molecule has 0 aliphatic rings. The van der Waals surface area contributed by atoms with E-state index in [4.69, 9.17) is 5.11 Å². The van der Waals surface area contributed by atoms with E-state index < -0.39 is 0 Å². The summed E-state index contributed by atoms with van der Waals surface area (Å²) in [6.07, 6.45) is 1.14. The van der Waals surface area contributed by atoms with Gasteiger partial charge in [-0.15, -0.1) is 0 Å². The zero-order valence-corrected chi connectivity index (χ0v) is 13.0. The van der Waals surface area contributed by atoms with E-state index >= 15 is 0 Å². The van der Waals surface area contributed by atoms with Crippen molar-refractivity contribution in [3.05, 3.63) is 28.2 Å². The maximum Gasteiger partial charge on any atom is 0.0606 e. The van der Waals surface area contributed by atoms with Crippen molar-refractivity contribution in [3.63, 3.8) is 0 Å². The van der Waals surface area contributed by atoms with Crippen molar-refractivity contribution < 1.29 is 5.11 Å². The molecule has 2 N–H and O–H groups in total. The highest BCUT2D eigenvalue weighted by Crippen LogP contribution is 2.28. The number of hydrogen-bond donors (Lipinski definition) is 2. The molecule has 0 heterocycles. The molecule has 3 nitrogen and oxygen atoms in total. The minimum Gasteiger partial charge on any atom is -0.395 e. The minimum absolute atomic E-state index is 0.166. The van der Waals surface area contributed by atoms with Crippen molar-refractivity contribution in [2.45, 2.75) is 26.3 Å². The fraction of sp³-hybridized carbons (Fsp3) is 0.571. The van der Waals surface area contributed by atoms with Crippen LogP contribution in [0.25, 0.3) is 0 Å². The van der Waals surface area contributed by atoms with E-state index in [2.05, 4.69) is 53.3 Å². The maximum absolute atomic E-state index is 8.96. The van der Waals surface area contributed by atoms with Crippen molar-refractivity contribution in [1.82, 2.24) is 5.32 Å². The number of rotatable bonds is 7. The lowest BCUT2D eigenvalue weighted by Crippen LogP contribution is -2.22. The summed E-state index contributed by atoms with van der Waals surface area (Å²) in [5, 5.41) is 12.4. The second-order valence-electron chi connectivity index (χ2n) is 4.53. The molecule has 1 aromatic rings. The summed E-state index contributed by atoms with van der Waals surface area (Å²) in [7, 11) is 1.98. The van der Waals surface area contributed by atoms with Crippen LogP contribution in [0.15, 0.2) is 22.7 Å². The van der Waals surface area contributed by atoms with Crippen LogP contribution in [0.3, 0.4) is 0 Å². The van der Waals surface area contributed by atoms with Crippen LogP contribution in [-0.4, -0.2) is 31.9 Å². The van der Waals surface area contributed by atoms with Crippen LogP contribution in [-0.2, 0) is 0 Å². The predicted molar refractivity (Wildman–Crippen MR) is 81.2 cm³/mol. The van der Waals surface area contributed by atoms with E-state index in [-0.39, 0.29) is 6.61 Å². The van der Waals surface area contributed by atoms with E-state index in [0.29, 0.717) is 12.6 Å². The molecule has 102 valence electrons. The lowest BCUT2D eigenvalue weighted by Gasteiger charge is -2.21. The van der Waals surface area contributed by atoms with Crippen molar-refractivity contribution in [2.24, 2.45) is 0 Å². The number of nitrogens with zero attached hydrogens (tertiary/aromatic N) is 1. The summed E-state index contributed by atoms with van der Waals surface area (Å²) < 4.78 is 1.07. The largest absolute Gasteiger partial charge is 0.395 e. The number of anilines is 1. The summed E-state index contributed by atoms with van der Waals surface area (Å²) in [4.78, 5) is 2.04. The van der Waals surface area contributed by atoms with Crippen LogP contribution in [0.5, 0.6) is 0 Å². The molecule has 1 aromatic carbocycles. The van der Waals surface area contributed by atoms with Crippen LogP contribution in [0.1, 0.15) is 31.9 Å². The summed E-state index contributed by atoms with van der Waals surface area (Å²) >= 11 is 3.60. The van der Waals surface area contributed by atoms with Gasteiger partial charge in [0.05, 0.1) is 12.3 Å². The van der Waals surface area contributed by atoms with E-state index in [1.807, 2.05) is 11.9 Å². The smallest absolute Gasteiger partial charge is 0.0606 e. The molecule has 1 unspecified atom stereocenters. The number of halogens is 1. The van der Waals surface area contributed by atoms with Gasteiger partial charge >= 0.3 is 0 Å². The molecule has 0 aromatic heterocycles. The molecule has 0 aliphatic carbocycles. The van der Waals surface area contributed by atoms with Gasteiger partial charge in [0.1, 0.15) is 0 Å². The highest BCUT2D eigenvalue weighted by Gasteiger charge is 2.09. The topological polar surface area (TPSA) is 35.5 Å². The van der Waals surface area contributed by atoms with Crippen LogP contribution in [0.4, 0.5) is 5.69 Å². The van der Waals surface area contributed by atoms with Gasteiger partial charge in [-0.1, -0.05) is 13.0 Å². The van der Waals surface area contributed by atoms with Crippen LogP contribution in [0, 0.1) is 0 Å². The number of hydrogen-bond acceptors (Lipinski definition) is 3. The van der Waals surface area contributed by atoms with Gasteiger partial charge in [-0.25, -0.2) is 0 Å². The van der Waals surface area contributed by atoms with Crippen molar-refractivity contribution in [1.29, 1.82) is 0 Å². The second kappa shape index (κ2) is 7.77. The lowest BCUT2D eigenvalue weighted by atomic mass is 10.1. The first-order valence-corrected chi connectivity index (χ1v) is 7.24. The minimum atomic E-state index is 0.166. The third kappa shape index (κ3) is 4.26. The Hall–Kier alpha value is -0.580. The van der Waals surface area contributed by atoms with Crippen molar-refractivity contribution in [3.8, 4) is 0 Å². The van der Waals surface area contributed by atoms with E-state index in [9.17, 15) is 0 Å². The zero-order chi connectivity index (χ0) is 13.5. The van der Waals surface area contributed by atoms with Gasteiger partial charge in [0, 0.05) is 24.1 Å². The monoisotopic (exact) mass is 314 g/mol. The first-order valence-electron chi connectivity index (χ1n) is 6.45. The highest BCUT2D eigenvalue weighted by molar-refractivity contribution is 9.10. The molecular formula is C14H23BrN2O. The lowest BCUT2D eigenvalue weighted by molar-refractivity contribution is 0.304. The summed E-state index contributed by atoms with van der Waals surface area (Å²) in [5.41, 5.74) is 2.38. The Labute approximate surface area is 118 Å². The predicted octanol–water partition coefficient (Wildman–Crippen LogP) is 2.94. The van der Waals surface area contributed by atoms with Gasteiger partial charge in [-0.2, -0.15) is 0 Å². The van der Waals surface area contributed by atoms with Gasteiger partial charge in [0.25, 0.3) is 0 Å². The third-order valence-corrected chi connectivity index (χ3v) is 3.65. The number of likely N-dealkylation sites (N-methyl/N-ethyl adjacent to an activating group) is 1. The average molecular weight is 315 g/mol. The van der Waals surface area contributed by atoms with E-state index in [0.717, 1.165) is 23.1 Å². The SMILES string of the molecule is CCCNC(C)c1ccc(N(C)CCO)c(Br)c1. The third-order valence-electron chi connectivity index (χ3n) is 3.02. The number of nitrogens with one attached hydrogen (secondary N) is 1. The Morgan fingerprint density at radius 2 is 2.17 bits per heavy atom. The standard InChI is InChI=1S/C14H23BrN2O/c1-4-7-16-11(2)12-5-6-14(13(15)10-12)17(3)8-9-18/h5-6,10-11,16,18H,4,7-9H2,1-3H3. The van der Waals surface area contributed by atoms with E-state index in [1.165, 1.54) is 5.56 Å². The molecule has 0 saturated heterocycles. The average Bonchev–Trinajstić information content (AvgIpc) is 2.35. The molecule has 0 bridgehead atoms. The second-order valence-corrected chi connectivity index (χ2v) is 5.39. The molecule has 4 heteroatoms. The van der Waals surface area contributed by atoms with Crippen LogP contribution in [0.2, 0.25) is 0 Å². The van der Waals surface area contributed by atoms with Gasteiger partial charge in [-0.05, 0) is 53.5 Å². The molecule has 0 saturated carbocycles. The molecular weight excluding hydrogens is 292 g/mol. The number of benzene rings is 1. The molecule has 0 fully saturated rings. The summed E-state index contributed by atoms with van der Waals surface area (Å²) in [6, 6.07) is 6.75. The summed E-state index contributed by atoms with van der Waals surface area (Å²) in [5.74, 6) is 0. The van der Waals surface area contributed by atoms with Crippen LogP contribution < -0.4 is 10.2 Å². The maximum atomic E-state index is 8.96. The number of aliphatic hydroxyl groups excluding tert-OH is 1. The molecule has 18 heavy (non-hydrogen) atoms. The quantitative estimate of drug-likeness (QED) is 0.812. The van der Waals surface area contributed by atoms with Crippen LogP contribution >= 0.6 is 15.9 Å². The van der Waals surface area contributed by atoms with Gasteiger partial charge in [0.15, 0.2) is 0 Å². The zero-order valence-electron chi connectivity index (χ0n) is 11.4.